The van der Waals surface area contributed by atoms with Crippen molar-refractivity contribution in [2.75, 3.05) is 0 Å². The number of nitrogens with zero attached hydrogens (tertiary/aromatic N) is 3. The number of fused-ring (bicyclic) bond motifs is 2. The molecule has 0 saturated carbocycles. The molecule has 0 atom stereocenters. The summed E-state index contributed by atoms with van der Waals surface area (Å²) in [6.07, 6.45) is 1.59. The summed E-state index contributed by atoms with van der Waals surface area (Å²) in [6.45, 7) is 0. The molecule has 0 spiro atoms. The number of thiazole rings is 1. The van der Waals surface area contributed by atoms with Gasteiger partial charge in [-0.25, -0.2) is 4.98 Å². The molecule has 0 N–H and O–H groups in total. The van der Waals surface area contributed by atoms with Gasteiger partial charge in [-0.3, -0.25) is 4.79 Å². The van der Waals surface area contributed by atoms with Crippen molar-refractivity contribution in [1.82, 2.24) is 4.98 Å². The molecule has 4 aromatic rings. The van der Waals surface area contributed by atoms with Gasteiger partial charge in [0.2, 0.25) is 5.71 Å². The summed E-state index contributed by atoms with van der Waals surface area (Å²) in [4.78, 5) is 17.5. The molecule has 0 aliphatic heterocycles. The lowest BCUT2D eigenvalue weighted by Crippen LogP contribution is -1.95. The lowest BCUT2D eigenvalue weighted by molar-refractivity contribution is 0.104. The molecule has 0 saturated heterocycles. The summed E-state index contributed by atoms with van der Waals surface area (Å²) in [5, 5.41) is 19.7. The van der Waals surface area contributed by atoms with Crippen LogP contribution >= 0.6 is 11.3 Å². The highest BCUT2D eigenvalue weighted by Crippen LogP contribution is 2.40. The maximum absolute atomic E-state index is 13.0. The molecular weight excluding hydrogens is 394 g/mol. The quantitative estimate of drug-likeness (QED) is 0.318. The van der Waals surface area contributed by atoms with Gasteiger partial charge in [-0.15, -0.1) is 11.3 Å². The van der Waals surface area contributed by atoms with Crippen molar-refractivity contribution < 1.29 is 9.21 Å². The average molecular weight is 405 g/mol. The van der Waals surface area contributed by atoms with Gasteiger partial charge in [0.1, 0.15) is 28.5 Å². The second-order valence-corrected chi connectivity index (χ2v) is 7.64. The van der Waals surface area contributed by atoms with E-state index < -0.39 is 0 Å². The zero-order valence-electron chi connectivity index (χ0n) is 15.4. The minimum Gasteiger partial charge on any atom is -0.437 e. The van der Waals surface area contributed by atoms with Crippen LogP contribution < -0.4 is 0 Å². The van der Waals surface area contributed by atoms with Crippen molar-refractivity contribution in [3.63, 3.8) is 0 Å². The van der Waals surface area contributed by atoms with E-state index in [0.717, 1.165) is 15.3 Å². The zero-order valence-corrected chi connectivity index (χ0v) is 16.2. The van der Waals surface area contributed by atoms with E-state index in [2.05, 4.69) is 4.98 Å². The Morgan fingerprint density at radius 3 is 2.40 bits per heavy atom. The van der Waals surface area contributed by atoms with E-state index in [1.54, 1.807) is 30.3 Å². The molecule has 2 aromatic heterocycles. The molecule has 30 heavy (non-hydrogen) atoms. The van der Waals surface area contributed by atoms with E-state index in [1.165, 1.54) is 11.3 Å². The van der Waals surface area contributed by atoms with Crippen molar-refractivity contribution >= 4 is 39.2 Å². The molecule has 0 unspecified atom stereocenters. The third-order valence-corrected chi connectivity index (χ3v) is 5.88. The van der Waals surface area contributed by atoms with E-state index in [0.29, 0.717) is 28.2 Å². The van der Waals surface area contributed by atoms with Gasteiger partial charge in [-0.05, 0) is 11.6 Å². The molecule has 0 radical (unpaired) electrons. The van der Waals surface area contributed by atoms with E-state index >= 15 is 0 Å². The van der Waals surface area contributed by atoms with E-state index in [4.69, 9.17) is 4.42 Å². The summed E-state index contributed by atoms with van der Waals surface area (Å²) in [5.74, 6) is 0.216. The van der Waals surface area contributed by atoms with Gasteiger partial charge in [-0.2, -0.15) is 10.5 Å². The Bertz CT molecular complexity index is 1430. The standard InChI is InChI=1S/C24H11N3O2S/c25-12-15(13-26)21-17-8-4-5-9-18(17)22(28)19(21)10-16-11-20-23(29-16)27-24(30-20)14-6-2-1-3-7-14/h1-11H/b19-10-. The smallest absolute Gasteiger partial charge is 0.238 e. The van der Waals surface area contributed by atoms with Crippen LogP contribution in [0.15, 0.2) is 76.2 Å². The summed E-state index contributed by atoms with van der Waals surface area (Å²) in [5.41, 5.74) is 3.08. The van der Waals surface area contributed by atoms with Crippen LogP contribution in [0.1, 0.15) is 21.7 Å². The Morgan fingerprint density at radius 1 is 1.00 bits per heavy atom. The molecule has 5 nitrogen and oxygen atoms in total. The first-order valence-corrected chi connectivity index (χ1v) is 9.87. The maximum atomic E-state index is 13.0. The Kier molecular flexibility index (Phi) is 4.14. The lowest BCUT2D eigenvalue weighted by Gasteiger charge is -2.00. The second-order valence-electron chi connectivity index (χ2n) is 6.61. The normalized spacial score (nSPS) is 14.0. The molecule has 1 aliphatic carbocycles. The molecular formula is C24H11N3O2S. The fourth-order valence-electron chi connectivity index (χ4n) is 3.52. The van der Waals surface area contributed by atoms with Crippen molar-refractivity contribution in [3.05, 3.63) is 88.7 Å². The Morgan fingerprint density at radius 2 is 1.70 bits per heavy atom. The Hall–Kier alpha value is -4.26. The molecule has 2 aromatic carbocycles. The van der Waals surface area contributed by atoms with Gasteiger partial charge < -0.3 is 4.42 Å². The van der Waals surface area contributed by atoms with Gasteiger partial charge in [0.05, 0.1) is 4.70 Å². The molecule has 0 amide bonds. The number of carbonyl (C=O) groups excluding carboxylic acids is 1. The summed E-state index contributed by atoms with van der Waals surface area (Å²) in [6, 6.07) is 22.4. The number of Topliss-reactive ketones (excluding diaryl/α,β-unsaturated/α-hetero) is 1. The second kappa shape index (κ2) is 6.97. The van der Waals surface area contributed by atoms with Crippen LogP contribution in [-0.4, -0.2) is 10.8 Å². The first-order chi connectivity index (χ1) is 14.7. The largest absolute Gasteiger partial charge is 0.437 e. The average Bonchev–Trinajstić information content (AvgIpc) is 3.42. The number of hydrogen-bond acceptors (Lipinski definition) is 6. The van der Waals surface area contributed by atoms with Gasteiger partial charge in [0, 0.05) is 28.3 Å². The number of rotatable bonds is 2. The third-order valence-electron chi connectivity index (χ3n) is 4.84. The Labute approximate surface area is 175 Å². The van der Waals surface area contributed by atoms with Gasteiger partial charge in [0.15, 0.2) is 5.78 Å². The van der Waals surface area contributed by atoms with Gasteiger partial charge >= 0.3 is 0 Å². The van der Waals surface area contributed by atoms with Crippen LogP contribution in [0, 0.1) is 22.7 Å². The van der Waals surface area contributed by atoms with E-state index in [1.807, 2.05) is 48.5 Å². The number of hydrogen-bond donors (Lipinski definition) is 0. The highest BCUT2D eigenvalue weighted by molar-refractivity contribution is 7.21. The van der Waals surface area contributed by atoms with Crippen LogP contribution in [0.4, 0.5) is 0 Å². The molecule has 1 aliphatic rings. The topological polar surface area (TPSA) is 90.7 Å². The number of allylic oxidation sites excluding steroid dienone is 3. The highest BCUT2D eigenvalue weighted by Gasteiger charge is 2.32. The third kappa shape index (κ3) is 2.76. The predicted molar refractivity (Wildman–Crippen MR) is 114 cm³/mol. The van der Waals surface area contributed by atoms with Crippen LogP contribution in [-0.2, 0) is 0 Å². The molecule has 140 valence electrons. The summed E-state index contributed by atoms with van der Waals surface area (Å²) >= 11 is 1.50. The fourth-order valence-corrected chi connectivity index (χ4v) is 4.46. The molecule has 6 heteroatoms. The fraction of sp³-hybridized carbons (Fsp3) is 0. The molecule has 5 rings (SSSR count). The van der Waals surface area contributed by atoms with Crippen LogP contribution in [0.5, 0.6) is 0 Å². The van der Waals surface area contributed by atoms with Crippen LogP contribution in [0.25, 0.3) is 32.6 Å². The number of nitriles is 2. The zero-order chi connectivity index (χ0) is 20.7. The number of benzene rings is 2. The van der Waals surface area contributed by atoms with Crippen molar-refractivity contribution in [2.24, 2.45) is 0 Å². The van der Waals surface area contributed by atoms with Crippen molar-refractivity contribution in [2.45, 2.75) is 0 Å². The van der Waals surface area contributed by atoms with Crippen molar-refractivity contribution in [1.29, 1.82) is 10.5 Å². The van der Waals surface area contributed by atoms with Crippen molar-refractivity contribution in [3.8, 4) is 22.7 Å². The minimum atomic E-state index is -0.235. The SMILES string of the molecule is N#CC(C#N)=C1/C(=C/c2cc3sc(-c4ccccc4)nc3o2)C(=O)c2ccccc21. The minimum absolute atomic E-state index is 0.0996. The molecule has 0 bridgehead atoms. The van der Waals surface area contributed by atoms with E-state index in [9.17, 15) is 15.3 Å². The monoisotopic (exact) mass is 405 g/mol. The lowest BCUT2D eigenvalue weighted by atomic mass is 9.99. The van der Waals surface area contributed by atoms with Gasteiger partial charge in [0.25, 0.3) is 0 Å². The summed E-state index contributed by atoms with van der Waals surface area (Å²) < 4.78 is 6.71. The first-order valence-electron chi connectivity index (χ1n) is 9.06. The van der Waals surface area contributed by atoms with E-state index in [-0.39, 0.29) is 16.9 Å². The number of aromatic nitrogens is 1. The molecule has 0 fully saturated rings. The highest BCUT2D eigenvalue weighted by atomic mass is 32.1. The predicted octanol–water partition coefficient (Wildman–Crippen LogP) is 5.64. The summed E-state index contributed by atoms with van der Waals surface area (Å²) in [7, 11) is 0. The van der Waals surface area contributed by atoms with Crippen LogP contribution in [0.3, 0.4) is 0 Å². The Balaban J connectivity index is 1.62. The van der Waals surface area contributed by atoms with Crippen LogP contribution in [0.2, 0.25) is 0 Å². The first kappa shape index (κ1) is 17.8. The van der Waals surface area contributed by atoms with Gasteiger partial charge in [-0.1, -0.05) is 54.6 Å². The maximum Gasteiger partial charge on any atom is 0.238 e. The number of carbonyl (C=O) groups is 1. The number of ketones is 1. The number of furan rings is 1. The molecule has 2 heterocycles.